The minimum absolute atomic E-state index is 0.449. The van der Waals surface area contributed by atoms with Crippen LogP contribution in [0.25, 0.3) is 0 Å². The van der Waals surface area contributed by atoms with Crippen LogP contribution < -0.4 is 10.5 Å². The van der Waals surface area contributed by atoms with Gasteiger partial charge in [-0.25, -0.2) is 4.98 Å². The number of hydrogen-bond donors (Lipinski definition) is 1. The first-order valence-electron chi connectivity index (χ1n) is 5.71. The monoisotopic (exact) mass is 265 g/mol. The Morgan fingerprint density at radius 3 is 2.44 bits per heavy atom. The van der Waals surface area contributed by atoms with Crippen LogP contribution in [0, 0.1) is 0 Å². The molecule has 4 nitrogen and oxygen atoms in total. The molecule has 0 spiro atoms. The van der Waals surface area contributed by atoms with E-state index in [9.17, 15) is 0 Å². The number of hydrogen-bond acceptors (Lipinski definition) is 3. The number of nitrogen functional groups attached to an aromatic ring is 1. The van der Waals surface area contributed by atoms with Crippen LogP contribution in [0.3, 0.4) is 0 Å². The quantitative estimate of drug-likeness (QED) is 0.924. The molecule has 0 fully saturated rings. The maximum Gasteiger partial charge on any atom is 0.201 e. The van der Waals surface area contributed by atoms with E-state index in [1.165, 1.54) is 5.56 Å². The van der Waals surface area contributed by atoms with Crippen LogP contribution in [0.15, 0.2) is 24.3 Å². The summed E-state index contributed by atoms with van der Waals surface area (Å²) < 4.78 is 6.80. The molecule has 0 unspecified atom stereocenters. The van der Waals surface area contributed by atoms with E-state index in [4.69, 9.17) is 22.1 Å². The summed E-state index contributed by atoms with van der Waals surface area (Å²) in [6.07, 6.45) is 1.65. The van der Waals surface area contributed by atoms with Gasteiger partial charge in [-0.2, -0.15) is 0 Å². The summed E-state index contributed by atoms with van der Waals surface area (Å²) >= 11 is 6.13. The molecule has 0 atom stereocenters. The lowest BCUT2D eigenvalue weighted by atomic mass is 10.1. The second kappa shape index (κ2) is 5.31. The van der Waals surface area contributed by atoms with Crippen molar-refractivity contribution in [1.82, 2.24) is 9.55 Å². The molecule has 1 aromatic carbocycles. The highest BCUT2D eigenvalue weighted by Gasteiger charge is 2.10. The van der Waals surface area contributed by atoms with E-state index in [1.54, 1.807) is 11.7 Å². The molecule has 2 rings (SSSR count). The van der Waals surface area contributed by atoms with Crippen LogP contribution in [0.2, 0.25) is 5.15 Å². The molecule has 0 aliphatic heterocycles. The zero-order chi connectivity index (χ0) is 13.1. The lowest BCUT2D eigenvalue weighted by Gasteiger charge is -2.02. The smallest absolute Gasteiger partial charge is 0.201 e. The molecule has 2 aromatic rings. The summed E-state index contributed by atoms with van der Waals surface area (Å²) in [6.45, 7) is 0. The van der Waals surface area contributed by atoms with Gasteiger partial charge in [0.1, 0.15) is 10.9 Å². The predicted molar refractivity (Wildman–Crippen MR) is 73.0 cm³/mol. The van der Waals surface area contributed by atoms with E-state index < -0.39 is 0 Å². The molecule has 5 heteroatoms. The van der Waals surface area contributed by atoms with Gasteiger partial charge in [0, 0.05) is 7.05 Å². The second-order valence-electron chi connectivity index (χ2n) is 4.11. The fourth-order valence-corrected chi connectivity index (χ4v) is 1.99. The summed E-state index contributed by atoms with van der Waals surface area (Å²) in [5.41, 5.74) is 7.76. The van der Waals surface area contributed by atoms with Crippen molar-refractivity contribution in [3.63, 3.8) is 0 Å². The van der Waals surface area contributed by atoms with Gasteiger partial charge in [-0.05, 0) is 30.5 Å². The third-order valence-electron chi connectivity index (χ3n) is 2.94. The number of benzene rings is 1. The van der Waals surface area contributed by atoms with E-state index in [0.29, 0.717) is 11.1 Å². The van der Waals surface area contributed by atoms with Crippen LogP contribution in [0.5, 0.6) is 5.75 Å². The van der Waals surface area contributed by atoms with E-state index in [2.05, 4.69) is 4.98 Å². The molecule has 2 N–H and O–H groups in total. The number of aromatic nitrogens is 2. The zero-order valence-corrected chi connectivity index (χ0v) is 11.2. The van der Waals surface area contributed by atoms with Gasteiger partial charge >= 0.3 is 0 Å². The van der Waals surface area contributed by atoms with Crippen molar-refractivity contribution in [2.75, 3.05) is 12.8 Å². The molecule has 0 aliphatic carbocycles. The molecule has 96 valence electrons. The zero-order valence-electron chi connectivity index (χ0n) is 10.5. The van der Waals surface area contributed by atoms with Crippen molar-refractivity contribution >= 4 is 17.5 Å². The maximum atomic E-state index is 6.13. The molecule has 18 heavy (non-hydrogen) atoms. The predicted octanol–water partition coefficient (Wildman–Crippen LogP) is 2.45. The average Bonchev–Trinajstić information content (AvgIpc) is 2.64. The first-order chi connectivity index (χ1) is 8.61. The van der Waals surface area contributed by atoms with Crippen molar-refractivity contribution in [3.05, 3.63) is 40.7 Å². The molecule has 1 aromatic heterocycles. The van der Waals surface area contributed by atoms with Crippen LogP contribution in [-0.2, 0) is 19.9 Å². The van der Waals surface area contributed by atoms with E-state index in [0.717, 1.165) is 24.3 Å². The largest absolute Gasteiger partial charge is 0.497 e. The highest BCUT2D eigenvalue weighted by atomic mass is 35.5. The van der Waals surface area contributed by atoms with Crippen molar-refractivity contribution in [1.29, 1.82) is 0 Å². The molecular formula is C13H16ClN3O. The fourth-order valence-electron chi connectivity index (χ4n) is 1.77. The van der Waals surface area contributed by atoms with Crippen molar-refractivity contribution < 1.29 is 4.74 Å². The number of imidazole rings is 1. The number of ether oxygens (including phenoxy) is 1. The number of nitrogens with zero attached hydrogens (tertiary/aromatic N) is 2. The molecule has 0 amide bonds. The van der Waals surface area contributed by atoms with E-state index >= 15 is 0 Å². The molecule has 0 bridgehead atoms. The summed E-state index contributed by atoms with van der Waals surface area (Å²) in [6, 6.07) is 7.98. The lowest BCUT2D eigenvalue weighted by Crippen LogP contribution is -1.96. The number of rotatable bonds is 4. The van der Waals surface area contributed by atoms with Crippen molar-refractivity contribution in [3.8, 4) is 5.75 Å². The maximum absolute atomic E-state index is 6.13. The van der Waals surface area contributed by atoms with Gasteiger partial charge in [0.05, 0.1) is 12.8 Å². The topological polar surface area (TPSA) is 53.1 Å². The van der Waals surface area contributed by atoms with Crippen LogP contribution in [-0.4, -0.2) is 16.7 Å². The molecule has 1 heterocycles. The Hall–Kier alpha value is -1.68. The van der Waals surface area contributed by atoms with Crippen LogP contribution >= 0.6 is 11.6 Å². The van der Waals surface area contributed by atoms with Gasteiger partial charge < -0.3 is 15.0 Å². The minimum Gasteiger partial charge on any atom is -0.497 e. The number of methoxy groups -OCH3 is 1. The lowest BCUT2D eigenvalue weighted by molar-refractivity contribution is 0.414. The number of anilines is 1. The highest BCUT2D eigenvalue weighted by molar-refractivity contribution is 6.30. The van der Waals surface area contributed by atoms with Gasteiger partial charge in [0.25, 0.3) is 0 Å². The molecular weight excluding hydrogens is 250 g/mol. The van der Waals surface area contributed by atoms with Crippen molar-refractivity contribution in [2.24, 2.45) is 7.05 Å². The first-order valence-corrected chi connectivity index (χ1v) is 6.09. The SMILES string of the molecule is COc1ccc(CCc2nc(N)n(C)c2Cl)cc1. The minimum atomic E-state index is 0.449. The third-order valence-corrected chi connectivity index (χ3v) is 3.41. The van der Waals surface area contributed by atoms with Crippen molar-refractivity contribution in [2.45, 2.75) is 12.8 Å². The van der Waals surface area contributed by atoms with E-state index in [1.807, 2.05) is 31.3 Å². The Morgan fingerprint density at radius 2 is 1.94 bits per heavy atom. The summed E-state index contributed by atoms with van der Waals surface area (Å²) in [5, 5.41) is 0.612. The molecule has 0 saturated carbocycles. The van der Waals surface area contributed by atoms with Crippen LogP contribution in [0.1, 0.15) is 11.3 Å². The Labute approximate surface area is 111 Å². The molecule has 0 saturated heterocycles. The second-order valence-corrected chi connectivity index (χ2v) is 4.47. The Morgan fingerprint density at radius 1 is 1.28 bits per heavy atom. The Bertz CT molecular complexity index is 534. The average molecular weight is 266 g/mol. The number of nitrogens with two attached hydrogens (primary N) is 1. The summed E-state index contributed by atoms with van der Waals surface area (Å²) in [5.74, 6) is 1.31. The number of aryl methyl sites for hydroxylation is 2. The van der Waals surface area contributed by atoms with Gasteiger partial charge in [-0.3, -0.25) is 0 Å². The molecule has 0 aliphatic rings. The fraction of sp³-hybridized carbons (Fsp3) is 0.308. The Balaban J connectivity index is 2.04. The highest BCUT2D eigenvalue weighted by Crippen LogP contribution is 2.20. The van der Waals surface area contributed by atoms with Gasteiger partial charge in [0.15, 0.2) is 0 Å². The van der Waals surface area contributed by atoms with Crippen LogP contribution in [0.4, 0.5) is 5.95 Å². The standard InChI is InChI=1S/C13H16ClN3O/c1-17-12(14)11(16-13(17)15)8-5-9-3-6-10(18-2)7-4-9/h3-4,6-7H,5,8H2,1-2H3,(H2,15,16). The molecule has 0 radical (unpaired) electrons. The van der Waals surface area contributed by atoms with Gasteiger partial charge in [0.2, 0.25) is 5.95 Å². The summed E-state index contributed by atoms with van der Waals surface area (Å²) in [4.78, 5) is 4.24. The van der Waals surface area contributed by atoms with Gasteiger partial charge in [-0.15, -0.1) is 0 Å². The number of halogens is 1. The van der Waals surface area contributed by atoms with Gasteiger partial charge in [-0.1, -0.05) is 23.7 Å². The Kier molecular flexibility index (Phi) is 3.77. The van der Waals surface area contributed by atoms with E-state index in [-0.39, 0.29) is 0 Å². The first kappa shape index (κ1) is 12.8. The normalized spacial score (nSPS) is 10.6. The third kappa shape index (κ3) is 2.59. The summed E-state index contributed by atoms with van der Waals surface area (Å²) in [7, 11) is 3.47.